The molecule has 1 atom stereocenters. The molecule has 1 N–H and O–H groups in total. The van der Waals surface area contributed by atoms with E-state index in [4.69, 9.17) is 5.11 Å². The van der Waals surface area contributed by atoms with Crippen LogP contribution in [-0.4, -0.2) is 29.1 Å². The lowest BCUT2D eigenvalue weighted by molar-refractivity contribution is 0.298. The van der Waals surface area contributed by atoms with Crippen LogP contribution in [0.15, 0.2) is 4.99 Å². The van der Waals surface area contributed by atoms with Crippen molar-refractivity contribution in [3.05, 3.63) is 0 Å². The highest BCUT2D eigenvalue weighted by Crippen LogP contribution is 2.14. The number of aliphatic hydroxyl groups is 1. The van der Waals surface area contributed by atoms with Gasteiger partial charge in [-0.1, -0.05) is 0 Å². The SMILES string of the molecule is OCC1N=CCS1. The van der Waals surface area contributed by atoms with Crippen molar-refractivity contribution < 1.29 is 5.11 Å². The third-order valence-electron chi connectivity index (χ3n) is 0.791. The van der Waals surface area contributed by atoms with Gasteiger partial charge in [0.15, 0.2) is 0 Å². The fourth-order valence-corrected chi connectivity index (χ4v) is 1.13. The third kappa shape index (κ3) is 1.17. The van der Waals surface area contributed by atoms with E-state index in [-0.39, 0.29) is 12.0 Å². The second kappa shape index (κ2) is 2.33. The van der Waals surface area contributed by atoms with E-state index < -0.39 is 0 Å². The summed E-state index contributed by atoms with van der Waals surface area (Å²) in [5.41, 5.74) is 0. The lowest BCUT2D eigenvalue weighted by Gasteiger charge is -1.95. The van der Waals surface area contributed by atoms with Crippen LogP contribution < -0.4 is 0 Å². The first-order chi connectivity index (χ1) is 3.43. The molecule has 0 amide bonds. The third-order valence-corrected chi connectivity index (χ3v) is 1.79. The predicted molar refractivity (Wildman–Crippen MR) is 31.8 cm³/mol. The standard InChI is InChI=1S/C4H7NOS/c6-3-4-5-1-2-7-4/h1,4,6H,2-3H2. The van der Waals surface area contributed by atoms with Crippen molar-refractivity contribution >= 4 is 18.0 Å². The smallest absolute Gasteiger partial charge is 0.118 e. The van der Waals surface area contributed by atoms with E-state index in [1.807, 2.05) is 6.21 Å². The number of nitrogens with zero attached hydrogens (tertiary/aromatic N) is 1. The fourth-order valence-electron chi connectivity index (χ4n) is 0.458. The van der Waals surface area contributed by atoms with Crippen molar-refractivity contribution in [3.63, 3.8) is 0 Å². The zero-order valence-corrected chi connectivity index (χ0v) is 4.69. The topological polar surface area (TPSA) is 32.6 Å². The molecule has 0 aromatic rings. The van der Waals surface area contributed by atoms with Crippen molar-refractivity contribution in [2.75, 3.05) is 12.4 Å². The molecule has 40 valence electrons. The number of thioether (sulfide) groups is 1. The molecule has 0 bridgehead atoms. The van der Waals surface area contributed by atoms with Crippen molar-refractivity contribution in [3.8, 4) is 0 Å². The Morgan fingerprint density at radius 2 is 2.86 bits per heavy atom. The van der Waals surface area contributed by atoms with Crippen LogP contribution in [0, 0.1) is 0 Å². The van der Waals surface area contributed by atoms with Gasteiger partial charge >= 0.3 is 0 Å². The van der Waals surface area contributed by atoms with Crippen molar-refractivity contribution in [2.45, 2.75) is 5.37 Å². The summed E-state index contributed by atoms with van der Waals surface area (Å²) in [6.07, 6.45) is 1.84. The Kier molecular flexibility index (Phi) is 1.70. The maximum absolute atomic E-state index is 8.43. The molecule has 7 heavy (non-hydrogen) atoms. The number of rotatable bonds is 1. The first-order valence-corrected chi connectivity index (χ1v) is 3.22. The Labute approximate surface area is 46.6 Å². The first kappa shape index (κ1) is 5.12. The van der Waals surface area contributed by atoms with Crippen LogP contribution >= 0.6 is 11.8 Å². The van der Waals surface area contributed by atoms with E-state index in [9.17, 15) is 0 Å². The van der Waals surface area contributed by atoms with Crippen molar-refractivity contribution in [2.24, 2.45) is 4.99 Å². The second-order valence-corrected chi connectivity index (χ2v) is 2.51. The quantitative estimate of drug-likeness (QED) is 0.529. The van der Waals surface area contributed by atoms with Crippen LogP contribution in [0.25, 0.3) is 0 Å². The van der Waals surface area contributed by atoms with Gasteiger partial charge < -0.3 is 5.11 Å². The largest absolute Gasteiger partial charge is 0.393 e. The van der Waals surface area contributed by atoms with Gasteiger partial charge in [-0.3, -0.25) is 4.99 Å². The van der Waals surface area contributed by atoms with Gasteiger partial charge in [-0.25, -0.2) is 0 Å². The average Bonchev–Trinajstić information content (AvgIpc) is 2.14. The number of aliphatic imine (C=N–C) groups is 1. The lowest BCUT2D eigenvalue weighted by Crippen LogP contribution is -1.99. The van der Waals surface area contributed by atoms with Gasteiger partial charge in [0.25, 0.3) is 0 Å². The van der Waals surface area contributed by atoms with Crippen LogP contribution in [0.5, 0.6) is 0 Å². The Balaban J connectivity index is 2.28. The van der Waals surface area contributed by atoms with E-state index in [0.717, 1.165) is 5.75 Å². The minimum absolute atomic E-state index is 0.139. The predicted octanol–water partition coefficient (Wildman–Crippen LogP) is 0.122. The zero-order valence-electron chi connectivity index (χ0n) is 3.87. The summed E-state index contributed by atoms with van der Waals surface area (Å²) in [6, 6.07) is 0. The molecule has 3 heteroatoms. The Morgan fingerprint density at radius 1 is 2.00 bits per heavy atom. The highest BCUT2D eigenvalue weighted by molar-refractivity contribution is 8.00. The molecule has 0 spiro atoms. The molecule has 0 aromatic heterocycles. The summed E-state index contributed by atoms with van der Waals surface area (Å²) in [5, 5.41) is 8.57. The molecular formula is C4H7NOS. The lowest BCUT2D eigenvalue weighted by atomic mass is 10.7. The van der Waals surface area contributed by atoms with Crippen molar-refractivity contribution in [1.29, 1.82) is 0 Å². The Hall–Kier alpha value is -0.0200. The number of hydrogen-bond donors (Lipinski definition) is 1. The van der Waals surface area contributed by atoms with Crippen molar-refractivity contribution in [1.82, 2.24) is 0 Å². The fraction of sp³-hybridized carbons (Fsp3) is 0.750. The first-order valence-electron chi connectivity index (χ1n) is 2.17. The molecular weight excluding hydrogens is 110 g/mol. The maximum Gasteiger partial charge on any atom is 0.118 e. The Bertz CT molecular complexity index is 83.8. The summed E-state index contributed by atoms with van der Waals surface area (Å²) in [5.74, 6) is 0.964. The van der Waals surface area contributed by atoms with E-state index in [1.54, 1.807) is 11.8 Å². The summed E-state index contributed by atoms with van der Waals surface area (Å²) in [4.78, 5) is 3.94. The van der Waals surface area contributed by atoms with Crippen LogP contribution in [0.2, 0.25) is 0 Å². The molecule has 1 aliphatic heterocycles. The van der Waals surface area contributed by atoms with Crippen LogP contribution in [-0.2, 0) is 0 Å². The van der Waals surface area contributed by atoms with Gasteiger partial charge in [0, 0.05) is 12.0 Å². The van der Waals surface area contributed by atoms with Gasteiger partial charge in [-0.2, -0.15) is 0 Å². The summed E-state index contributed by atoms with van der Waals surface area (Å²) in [6.45, 7) is 0.182. The van der Waals surface area contributed by atoms with Gasteiger partial charge in [0.2, 0.25) is 0 Å². The molecule has 0 saturated carbocycles. The monoisotopic (exact) mass is 117 g/mol. The van der Waals surface area contributed by atoms with Crippen LogP contribution in [0.1, 0.15) is 0 Å². The van der Waals surface area contributed by atoms with Crippen LogP contribution in [0.4, 0.5) is 0 Å². The van der Waals surface area contributed by atoms with Crippen LogP contribution in [0.3, 0.4) is 0 Å². The van der Waals surface area contributed by atoms with E-state index in [1.165, 1.54) is 0 Å². The summed E-state index contributed by atoms with van der Waals surface area (Å²) in [7, 11) is 0. The maximum atomic E-state index is 8.43. The summed E-state index contributed by atoms with van der Waals surface area (Å²) >= 11 is 1.67. The second-order valence-electron chi connectivity index (χ2n) is 1.30. The minimum atomic E-state index is 0.139. The molecule has 0 aliphatic carbocycles. The van der Waals surface area contributed by atoms with Gasteiger partial charge in [-0.15, -0.1) is 11.8 Å². The van der Waals surface area contributed by atoms with E-state index in [2.05, 4.69) is 4.99 Å². The van der Waals surface area contributed by atoms with E-state index >= 15 is 0 Å². The molecule has 1 aliphatic rings. The Morgan fingerprint density at radius 3 is 3.14 bits per heavy atom. The highest BCUT2D eigenvalue weighted by atomic mass is 32.2. The van der Waals surface area contributed by atoms with Gasteiger partial charge in [-0.05, 0) is 0 Å². The molecule has 0 radical (unpaired) electrons. The number of hydrogen-bond acceptors (Lipinski definition) is 3. The van der Waals surface area contributed by atoms with Gasteiger partial charge in [0.05, 0.1) is 6.61 Å². The molecule has 1 heterocycles. The molecule has 0 fully saturated rings. The molecule has 0 aromatic carbocycles. The molecule has 0 saturated heterocycles. The normalized spacial score (nSPS) is 29.0. The minimum Gasteiger partial charge on any atom is -0.393 e. The number of aliphatic hydroxyl groups excluding tert-OH is 1. The van der Waals surface area contributed by atoms with E-state index in [0.29, 0.717) is 0 Å². The molecule has 1 unspecified atom stereocenters. The summed E-state index contributed by atoms with van der Waals surface area (Å²) < 4.78 is 0. The average molecular weight is 117 g/mol. The molecule has 1 rings (SSSR count). The molecule has 2 nitrogen and oxygen atoms in total. The zero-order chi connectivity index (χ0) is 5.11. The van der Waals surface area contributed by atoms with Gasteiger partial charge in [0.1, 0.15) is 5.37 Å². The highest BCUT2D eigenvalue weighted by Gasteiger charge is 2.06.